The number of piperidine rings is 1. The number of nitrogens with one attached hydrogen (secondary N) is 1. The molecule has 1 N–H and O–H groups in total. The molecule has 2 heterocycles. The number of carbonyl (C=O) groups is 3. The van der Waals surface area contributed by atoms with E-state index in [1.54, 1.807) is 25.1 Å². The largest absolute Gasteiger partial charge is 0.339 e. The van der Waals surface area contributed by atoms with Gasteiger partial charge >= 0.3 is 6.03 Å². The molecule has 1 aromatic carbocycles. The number of halogens is 1. The quantitative estimate of drug-likeness (QED) is 0.480. The fourth-order valence-corrected chi connectivity index (χ4v) is 4.81. The zero-order valence-corrected chi connectivity index (χ0v) is 20.1. The third kappa shape index (κ3) is 5.43. The number of nitrogens with zero attached hydrogens (tertiary/aromatic N) is 3. The molecule has 8 heteroatoms. The maximum Gasteiger partial charge on any atom is 0.325 e. The number of carbonyl (C=O) groups excluding carboxylic acids is 3. The highest BCUT2D eigenvalue weighted by molar-refractivity contribution is 6.07. The van der Waals surface area contributed by atoms with Crippen molar-refractivity contribution in [3.63, 3.8) is 0 Å². The molecule has 0 aliphatic carbocycles. The molecule has 0 saturated carbocycles. The van der Waals surface area contributed by atoms with Crippen molar-refractivity contribution in [1.82, 2.24) is 20.0 Å². The monoisotopic (exact) mass is 458 g/mol. The maximum absolute atomic E-state index is 13.7. The van der Waals surface area contributed by atoms with Gasteiger partial charge in [-0.05, 0) is 77.4 Å². The Labute approximate surface area is 195 Å². The Bertz CT molecular complexity index is 907. The highest BCUT2D eigenvalue weighted by atomic mass is 19.1. The second-order valence-electron chi connectivity index (χ2n) is 9.36. The summed E-state index contributed by atoms with van der Waals surface area (Å²) in [4.78, 5) is 44.4. The molecule has 0 spiro atoms. The summed E-state index contributed by atoms with van der Waals surface area (Å²) in [6.07, 6.45) is 4.02. The van der Waals surface area contributed by atoms with Gasteiger partial charge in [0.2, 0.25) is 5.91 Å². The Kier molecular flexibility index (Phi) is 7.89. The summed E-state index contributed by atoms with van der Waals surface area (Å²) in [6.45, 7) is 5.83. The molecule has 0 aromatic heterocycles. The normalized spacial score (nSPS) is 22.3. The summed E-state index contributed by atoms with van der Waals surface area (Å²) in [6, 6.07) is 5.71. The van der Waals surface area contributed by atoms with Crippen molar-refractivity contribution in [1.29, 1.82) is 0 Å². The smallest absolute Gasteiger partial charge is 0.325 e. The first-order valence-electron chi connectivity index (χ1n) is 11.6. The SMILES string of the molecule is CC=C(C)C(=O)N1CCC(C2(Cc3ccc(F)cc3)NC(=O)N(CCCN(C)C)C2=O)CC1. The van der Waals surface area contributed by atoms with E-state index < -0.39 is 5.54 Å². The van der Waals surface area contributed by atoms with Crippen LogP contribution < -0.4 is 5.32 Å². The first kappa shape index (κ1) is 24.9. The first-order chi connectivity index (χ1) is 15.7. The van der Waals surface area contributed by atoms with Gasteiger partial charge in [-0.1, -0.05) is 18.2 Å². The van der Waals surface area contributed by atoms with E-state index in [0.29, 0.717) is 50.9 Å². The van der Waals surface area contributed by atoms with Crippen LogP contribution in [0.4, 0.5) is 9.18 Å². The van der Waals surface area contributed by atoms with E-state index in [-0.39, 0.29) is 29.6 Å². The first-order valence-corrected chi connectivity index (χ1v) is 11.6. The van der Waals surface area contributed by atoms with Crippen LogP contribution in [0.5, 0.6) is 0 Å². The lowest BCUT2D eigenvalue weighted by atomic mass is 9.73. The van der Waals surface area contributed by atoms with Gasteiger partial charge in [0, 0.05) is 31.6 Å². The van der Waals surface area contributed by atoms with Gasteiger partial charge in [0.05, 0.1) is 0 Å². The van der Waals surface area contributed by atoms with E-state index in [2.05, 4.69) is 5.32 Å². The van der Waals surface area contributed by atoms with Crippen molar-refractivity contribution < 1.29 is 18.8 Å². The second kappa shape index (κ2) is 10.5. The fourth-order valence-electron chi connectivity index (χ4n) is 4.81. The summed E-state index contributed by atoms with van der Waals surface area (Å²) in [5, 5.41) is 3.03. The number of hydrogen-bond acceptors (Lipinski definition) is 4. The molecule has 1 unspecified atom stereocenters. The number of urea groups is 1. The minimum absolute atomic E-state index is 0.00984. The van der Waals surface area contributed by atoms with Gasteiger partial charge in [0.15, 0.2) is 0 Å². The van der Waals surface area contributed by atoms with Crippen LogP contribution in [-0.2, 0) is 16.0 Å². The Balaban J connectivity index is 1.83. The molecule has 2 fully saturated rings. The molecule has 2 aliphatic rings. The zero-order chi connectivity index (χ0) is 24.2. The van der Waals surface area contributed by atoms with Crippen molar-refractivity contribution in [3.8, 4) is 0 Å². The maximum atomic E-state index is 13.7. The minimum Gasteiger partial charge on any atom is -0.339 e. The molecule has 2 aliphatic heterocycles. The van der Waals surface area contributed by atoms with Crippen LogP contribution in [0.15, 0.2) is 35.9 Å². The molecule has 3 rings (SSSR count). The van der Waals surface area contributed by atoms with Crippen LogP contribution in [0.2, 0.25) is 0 Å². The number of imide groups is 1. The highest BCUT2D eigenvalue weighted by Gasteiger charge is 2.55. The molecule has 0 bridgehead atoms. The average molecular weight is 459 g/mol. The third-order valence-electron chi connectivity index (χ3n) is 6.83. The Morgan fingerprint density at radius 1 is 1.21 bits per heavy atom. The Hall–Kier alpha value is -2.74. The lowest BCUT2D eigenvalue weighted by Gasteiger charge is -2.41. The van der Waals surface area contributed by atoms with Crippen LogP contribution in [-0.4, -0.2) is 78.4 Å². The van der Waals surface area contributed by atoms with Crippen LogP contribution in [0.1, 0.15) is 38.7 Å². The van der Waals surface area contributed by atoms with Crippen LogP contribution in [0.25, 0.3) is 0 Å². The number of amides is 4. The summed E-state index contributed by atoms with van der Waals surface area (Å²) in [5.41, 5.74) is 0.410. The summed E-state index contributed by atoms with van der Waals surface area (Å²) >= 11 is 0. The summed E-state index contributed by atoms with van der Waals surface area (Å²) < 4.78 is 13.5. The minimum atomic E-state index is -1.09. The van der Waals surface area contributed by atoms with E-state index in [9.17, 15) is 18.8 Å². The lowest BCUT2D eigenvalue weighted by molar-refractivity contribution is -0.135. The van der Waals surface area contributed by atoms with Gasteiger partial charge in [-0.15, -0.1) is 0 Å². The highest BCUT2D eigenvalue weighted by Crippen LogP contribution is 2.37. The lowest BCUT2D eigenvalue weighted by Crippen LogP contribution is -2.58. The molecule has 2 saturated heterocycles. The number of hydrogen-bond donors (Lipinski definition) is 1. The Morgan fingerprint density at radius 2 is 1.85 bits per heavy atom. The second-order valence-corrected chi connectivity index (χ2v) is 9.36. The van der Waals surface area contributed by atoms with Crippen molar-refractivity contribution >= 4 is 17.8 Å². The number of likely N-dealkylation sites (tertiary alicyclic amines) is 1. The van der Waals surface area contributed by atoms with Gasteiger partial charge in [-0.3, -0.25) is 14.5 Å². The summed E-state index contributed by atoms with van der Waals surface area (Å²) in [7, 11) is 3.91. The standard InChI is InChI=1S/C25H35FN4O3/c1-5-18(2)22(31)29-15-11-20(12-16-29)25(17-19-7-9-21(26)10-8-19)23(32)30(24(33)27-25)14-6-13-28(3)4/h5,7-10,20H,6,11-17H2,1-4H3,(H,27,33). The van der Waals surface area contributed by atoms with Gasteiger partial charge in [-0.2, -0.15) is 0 Å². The van der Waals surface area contributed by atoms with E-state index in [1.165, 1.54) is 17.0 Å². The molecule has 33 heavy (non-hydrogen) atoms. The van der Waals surface area contributed by atoms with Gasteiger partial charge in [0.1, 0.15) is 11.4 Å². The van der Waals surface area contributed by atoms with E-state index in [4.69, 9.17) is 0 Å². The molecule has 1 atom stereocenters. The van der Waals surface area contributed by atoms with Gasteiger partial charge < -0.3 is 15.1 Å². The van der Waals surface area contributed by atoms with Crippen LogP contribution >= 0.6 is 0 Å². The van der Waals surface area contributed by atoms with E-state index in [1.807, 2.05) is 30.8 Å². The van der Waals surface area contributed by atoms with Crippen LogP contribution in [0.3, 0.4) is 0 Å². The van der Waals surface area contributed by atoms with Crippen LogP contribution in [0, 0.1) is 11.7 Å². The Morgan fingerprint density at radius 3 is 2.42 bits per heavy atom. The topological polar surface area (TPSA) is 73.0 Å². The van der Waals surface area contributed by atoms with Crippen molar-refractivity contribution in [2.24, 2.45) is 5.92 Å². The molecule has 180 valence electrons. The van der Waals surface area contributed by atoms with E-state index >= 15 is 0 Å². The van der Waals surface area contributed by atoms with Crippen molar-refractivity contribution in [2.45, 2.75) is 45.1 Å². The average Bonchev–Trinajstić information content (AvgIpc) is 3.04. The zero-order valence-electron chi connectivity index (χ0n) is 20.1. The predicted molar refractivity (Wildman–Crippen MR) is 125 cm³/mol. The molecule has 1 aromatic rings. The molecular weight excluding hydrogens is 423 g/mol. The predicted octanol–water partition coefficient (Wildman–Crippen LogP) is 2.82. The number of rotatable bonds is 8. The number of allylic oxidation sites excluding steroid dienone is 1. The molecule has 4 amide bonds. The molecule has 0 radical (unpaired) electrons. The van der Waals surface area contributed by atoms with Crippen molar-refractivity contribution in [2.75, 3.05) is 40.3 Å². The van der Waals surface area contributed by atoms with Gasteiger partial charge in [0.25, 0.3) is 5.91 Å². The number of benzene rings is 1. The molecule has 7 nitrogen and oxygen atoms in total. The summed E-state index contributed by atoms with van der Waals surface area (Å²) in [5.74, 6) is -0.667. The van der Waals surface area contributed by atoms with Gasteiger partial charge in [-0.25, -0.2) is 9.18 Å². The molecular formula is C25H35FN4O3. The fraction of sp³-hybridized carbons (Fsp3) is 0.560. The van der Waals surface area contributed by atoms with E-state index in [0.717, 1.165) is 12.1 Å². The third-order valence-corrected chi connectivity index (χ3v) is 6.83. The van der Waals surface area contributed by atoms with Crippen molar-refractivity contribution in [3.05, 3.63) is 47.3 Å².